The van der Waals surface area contributed by atoms with E-state index in [0.717, 1.165) is 10.9 Å². The van der Waals surface area contributed by atoms with Crippen LogP contribution >= 0.6 is 0 Å². The fourth-order valence-electron chi connectivity index (χ4n) is 1.43. The van der Waals surface area contributed by atoms with E-state index in [1.165, 1.54) is 0 Å². The van der Waals surface area contributed by atoms with Gasteiger partial charge < -0.3 is 4.74 Å². The van der Waals surface area contributed by atoms with E-state index in [0.29, 0.717) is 11.8 Å². The first kappa shape index (κ1) is 10.6. The van der Waals surface area contributed by atoms with Crippen LogP contribution in [0.4, 0.5) is 5.95 Å². The molecule has 1 aromatic heterocycles. The van der Waals surface area contributed by atoms with Gasteiger partial charge in [0.15, 0.2) is 0 Å². The Morgan fingerprint density at radius 1 is 1.25 bits per heavy atom. The highest BCUT2D eigenvalue weighted by atomic mass is 16.5. The van der Waals surface area contributed by atoms with E-state index in [2.05, 4.69) is 15.4 Å². The van der Waals surface area contributed by atoms with Crippen molar-refractivity contribution in [3.63, 3.8) is 0 Å². The molecule has 5 heteroatoms. The Morgan fingerprint density at radius 2 is 2.00 bits per heavy atom. The predicted octanol–water partition coefficient (Wildman–Crippen LogP) is 1.70. The zero-order valence-corrected chi connectivity index (χ0v) is 9.27. The highest BCUT2D eigenvalue weighted by molar-refractivity contribution is 5.84. The molecule has 0 unspecified atom stereocenters. The highest BCUT2D eigenvalue weighted by Crippen LogP contribution is 2.24. The van der Waals surface area contributed by atoms with Crippen LogP contribution in [-0.2, 0) is 0 Å². The molecule has 1 heterocycles. The van der Waals surface area contributed by atoms with Crippen LogP contribution in [0.25, 0.3) is 10.9 Å². The number of para-hydroxylation sites is 1. The van der Waals surface area contributed by atoms with Crippen molar-refractivity contribution in [2.45, 2.75) is 20.0 Å². The van der Waals surface area contributed by atoms with Crippen LogP contribution in [0.1, 0.15) is 13.8 Å². The van der Waals surface area contributed by atoms with E-state index in [1.807, 2.05) is 38.1 Å². The first-order valence-corrected chi connectivity index (χ1v) is 5.10. The molecule has 0 amide bonds. The number of anilines is 1. The molecule has 0 saturated carbocycles. The van der Waals surface area contributed by atoms with Crippen molar-refractivity contribution in [2.24, 2.45) is 5.84 Å². The van der Waals surface area contributed by atoms with Gasteiger partial charge in [0.05, 0.1) is 17.0 Å². The Kier molecular flexibility index (Phi) is 2.87. The maximum absolute atomic E-state index is 5.62. The van der Waals surface area contributed by atoms with Crippen molar-refractivity contribution in [3.8, 4) is 5.88 Å². The summed E-state index contributed by atoms with van der Waals surface area (Å²) < 4.78 is 5.62. The average molecular weight is 218 g/mol. The van der Waals surface area contributed by atoms with Gasteiger partial charge in [-0.05, 0) is 26.0 Å². The van der Waals surface area contributed by atoms with Crippen LogP contribution in [0.15, 0.2) is 24.3 Å². The third-order valence-electron chi connectivity index (χ3n) is 2.04. The number of hydrogen-bond acceptors (Lipinski definition) is 5. The minimum Gasteiger partial charge on any atom is -0.474 e. The molecule has 84 valence electrons. The summed E-state index contributed by atoms with van der Waals surface area (Å²) in [7, 11) is 0. The van der Waals surface area contributed by atoms with Crippen LogP contribution in [0.5, 0.6) is 5.88 Å². The summed E-state index contributed by atoms with van der Waals surface area (Å²) in [5.74, 6) is 6.22. The summed E-state index contributed by atoms with van der Waals surface area (Å²) in [5.41, 5.74) is 3.24. The van der Waals surface area contributed by atoms with Crippen molar-refractivity contribution < 1.29 is 4.74 Å². The number of hydrazine groups is 1. The number of aromatic nitrogens is 2. The topological polar surface area (TPSA) is 73.1 Å². The molecule has 0 aliphatic heterocycles. The summed E-state index contributed by atoms with van der Waals surface area (Å²) in [6.45, 7) is 3.90. The van der Waals surface area contributed by atoms with Gasteiger partial charge in [0.1, 0.15) is 0 Å². The minimum absolute atomic E-state index is 0.0592. The van der Waals surface area contributed by atoms with Gasteiger partial charge in [-0.25, -0.2) is 10.8 Å². The molecular formula is C11H14N4O. The molecule has 0 spiro atoms. The minimum atomic E-state index is 0.0592. The van der Waals surface area contributed by atoms with Gasteiger partial charge in [-0.15, -0.1) is 0 Å². The molecule has 2 aromatic rings. The number of nitrogen functional groups attached to an aromatic ring is 1. The van der Waals surface area contributed by atoms with E-state index in [4.69, 9.17) is 10.6 Å². The summed E-state index contributed by atoms with van der Waals surface area (Å²) in [5, 5.41) is 0.884. The van der Waals surface area contributed by atoms with E-state index >= 15 is 0 Å². The van der Waals surface area contributed by atoms with Gasteiger partial charge in [0.2, 0.25) is 11.8 Å². The number of nitrogens with two attached hydrogens (primary N) is 1. The molecule has 0 radical (unpaired) electrons. The standard InChI is InChI=1S/C11H14N4O/c1-7(2)16-10-8-5-3-4-6-9(8)13-11(14-10)15-12/h3-7H,12H2,1-2H3,(H,13,14,15). The molecule has 0 aliphatic rings. The maximum Gasteiger partial charge on any atom is 0.241 e. The summed E-state index contributed by atoms with van der Waals surface area (Å²) >= 11 is 0. The molecule has 0 bridgehead atoms. The fourth-order valence-corrected chi connectivity index (χ4v) is 1.43. The third kappa shape index (κ3) is 2.04. The smallest absolute Gasteiger partial charge is 0.241 e. The second kappa shape index (κ2) is 4.32. The molecule has 2 rings (SSSR count). The van der Waals surface area contributed by atoms with Crippen LogP contribution < -0.4 is 16.0 Å². The number of nitrogens with one attached hydrogen (secondary N) is 1. The van der Waals surface area contributed by atoms with Crippen molar-refractivity contribution >= 4 is 16.9 Å². The second-order valence-corrected chi connectivity index (χ2v) is 3.68. The van der Waals surface area contributed by atoms with Gasteiger partial charge in [0, 0.05) is 0 Å². The Hall–Kier alpha value is -1.88. The molecule has 16 heavy (non-hydrogen) atoms. The number of rotatable bonds is 3. The van der Waals surface area contributed by atoms with Crippen LogP contribution in [0.3, 0.4) is 0 Å². The predicted molar refractivity (Wildman–Crippen MR) is 63.1 cm³/mol. The number of fused-ring (bicyclic) bond motifs is 1. The van der Waals surface area contributed by atoms with Crippen molar-refractivity contribution in [2.75, 3.05) is 5.43 Å². The summed E-state index contributed by atoms with van der Waals surface area (Å²) in [6.07, 6.45) is 0.0592. The van der Waals surface area contributed by atoms with Crippen LogP contribution in [0.2, 0.25) is 0 Å². The van der Waals surface area contributed by atoms with E-state index < -0.39 is 0 Å². The second-order valence-electron chi connectivity index (χ2n) is 3.68. The largest absolute Gasteiger partial charge is 0.474 e. The summed E-state index contributed by atoms with van der Waals surface area (Å²) in [6, 6.07) is 7.65. The number of nitrogens with zero attached hydrogens (tertiary/aromatic N) is 2. The zero-order valence-electron chi connectivity index (χ0n) is 9.27. The lowest BCUT2D eigenvalue weighted by atomic mass is 10.2. The van der Waals surface area contributed by atoms with Gasteiger partial charge in [-0.2, -0.15) is 4.98 Å². The Labute approximate surface area is 93.6 Å². The number of ether oxygens (including phenoxy) is 1. The van der Waals surface area contributed by atoms with Gasteiger partial charge in [-0.1, -0.05) is 12.1 Å². The van der Waals surface area contributed by atoms with Crippen molar-refractivity contribution in [3.05, 3.63) is 24.3 Å². The highest BCUT2D eigenvalue weighted by Gasteiger charge is 2.08. The quantitative estimate of drug-likeness (QED) is 0.606. The van der Waals surface area contributed by atoms with Crippen LogP contribution in [0, 0.1) is 0 Å². The molecule has 1 aromatic carbocycles. The van der Waals surface area contributed by atoms with Gasteiger partial charge in [0.25, 0.3) is 0 Å². The van der Waals surface area contributed by atoms with E-state index in [-0.39, 0.29) is 6.10 Å². The molecular weight excluding hydrogens is 204 g/mol. The molecule has 0 fully saturated rings. The normalized spacial score (nSPS) is 10.8. The van der Waals surface area contributed by atoms with E-state index in [1.54, 1.807) is 0 Å². The lowest BCUT2D eigenvalue weighted by molar-refractivity contribution is 0.236. The number of benzene rings is 1. The first-order chi connectivity index (χ1) is 7.70. The average Bonchev–Trinajstić information content (AvgIpc) is 2.28. The van der Waals surface area contributed by atoms with Gasteiger partial charge >= 0.3 is 0 Å². The Morgan fingerprint density at radius 3 is 2.69 bits per heavy atom. The van der Waals surface area contributed by atoms with Gasteiger partial charge in [-0.3, -0.25) is 5.43 Å². The fraction of sp³-hybridized carbons (Fsp3) is 0.273. The van der Waals surface area contributed by atoms with E-state index in [9.17, 15) is 0 Å². The molecule has 0 saturated heterocycles. The zero-order chi connectivity index (χ0) is 11.5. The maximum atomic E-state index is 5.62. The number of hydrogen-bond donors (Lipinski definition) is 2. The molecule has 5 nitrogen and oxygen atoms in total. The Balaban J connectivity index is 2.59. The van der Waals surface area contributed by atoms with Crippen molar-refractivity contribution in [1.82, 2.24) is 9.97 Å². The molecule has 3 N–H and O–H groups in total. The summed E-state index contributed by atoms with van der Waals surface area (Å²) in [4.78, 5) is 8.42. The monoisotopic (exact) mass is 218 g/mol. The SMILES string of the molecule is CC(C)Oc1nc(NN)nc2ccccc12. The van der Waals surface area contributed by atoms with Crippen molar-refractivity contribution in [1.29, 1.82) is 0 Å². The first-order valence-electron chi connectivity index (χ1n) is 5.10. The third-order valence-corrected chi connectivity index (χ3v) is 2.04. The lowest BCUT2D eigenvalue weighted by Gasteiger charge is -2.11. The molecule has 0 atom stereocenters. The lowest BCUT2D eigenvalue weighted by Crippen LogP contribution is -2.13. The Bertz CT molecular complexity index is 498. The van der Waals surface area contributed by atoms with Crippen LogP contribution in [-0.4, -0.2) is 16.1 Å². The molecule has 0 aliphatic carbocycles.